The number of nitrogens with one attached hydrogen (secondary N) is 1. The van der Waals surface area contributed by atoms with Crippen molar-refractivity contribution in [1.82, 2.24) is 10.2 Å². The molecule has 5 nitrogen and oxygen atoms in total. The molecule has 0 bridgehead atoms. The SMILES string of the molecule is C=CCCOCCN1C(=O)C(C(C)C)NC(=O)C1CC. The van der Waals surface area contributed by atoms with Crippen LogP contribution in [0.5, 0.6) is 0 Å². The van der Waals surface area contributed by atoms with E-state index in [1.165, 1.54) is 0 Å². The van der Waals surface area contributed by atoms with E-state index in [2.05, 4.69) is 11.9 Å². The Hall–Kier alpha value is -1.36. The summed E-state index contributed by atoms with van der Waals surface area (Å²) in [6.07, 6.45) is 3.21. The van der Waals surface area contributed by atoms with Gasteiger partial charge in [-0.2, -0.15) is 0 Å². The zero-order valence-electron chi connectivity index (χ0n) is 12.7. The molecular formula is C15H26N2O3. The second-order valence-corrected chi connectivity index (χ2v) is 5.38. The fourth-order valence-corrected chi connectivity index (χ4v) is 2.34. The van der Waals surface area contributed by atoms with E-state index >= 15 is 0 Å². The van der Waals surface area contributed by atoms with Crippen LogP contribution in [0, 0.1) is 5.92 Å². The lowest BCUT2D eigenvalue weighted by molar-refractivity contribution is -0.151. The van der Waals surface area contributed by atoms with Gasteiger partial charge >= 0.3 is 0 Å². The van der Waals surface area contributed by atoms with Crippen molar-refractivity contribution in [3.63, 3.8) is 0 Å². The summed E-state index contributed by atoms with van der Waals surface area (Å²) in [6, 6.07) is -0.793. The van der Waals surface area contributed by atoms with Crippen molar-refractivity contribution in [1.29, 1.82) is 0 Å². The monoisotopic (exact) mass is 282 g/mol. The van der Waals surface area contributed by atoms with Gasteiger partial charge in [0.2, 0.25) is 11.8 Å². The Bertz CT molecular complexity index is 355. The van der Waals surface area contributed by atoms with Gasteiger partial charge in [0.15, 0.2) is 0 Å². The van der Waals surface area contributed by atoms with Crippen LogP contribution in [0.25, 0.3) is 0 Å². The molecule has 1 fully saturated rings. The molecule has 2 amide bonds. The molecule has 1 heterocycles. The number of piperazine rings is 1. The van der Waals surface area contributed by atoms with Crippen LogP contribution in [0.3, 0.4) is 0 Å². The standard InChI is InChI=1S/C15H26N2O3/c1-5-7-9-20-10-8-17-12(6-2)14(18)16-13(11(3)4)15(17)19/h5,11-13H,1,6-10H2,2-4H3,(H,16,18). The third-order valence-corrected chi connectivity index (χ3v) is 3.52. The summed E-state index contributed by atoms with van der Waals surface area (Å²) < 4.78 is 5.45. The minimum absolute atomic E-state index is 0.00114. The molecule has 0 aromatic carbocycles. The molecule has 1 rings (SSSR count). The molecule has 0 aliphatic carbocycles. The summed E-state index contributed by atoms with van der Waals surface area (Å²) in [5, 5.41) is 2.82. The predicted octanol–water partition coefficient (Wildman–Crippen LogP) is 1.34. The molecule has 1 saturated heterocycles. The van der Waals surface area contributed by atoms with E-state index in [1.807, 2.05) is 20.8 Å². The average Bonchev–Trinajstić information content (AvgIpc) is 2.41. The van der Waals surface area contributed by atoms with Gasteiger partial charge in [0.25, 0.3) is 0 Å². The van der Waals surface area contributed by atoms with Crippen LogP contribution in [0.1, 0.15) is 33.6 Å². The highest BCUT2D eigenvalue weighted by Gasteiger charge is 2.40. The average molecular weight is 282 g/mol. The van der Waals surface area contributed by atoms with E-state index < -0.39 is 6.04 Å². The molecule has 5 heteroatoms. The zero-order chi connectivity index (χ0) is 15.1. The minimum atomic E-state index is -0.418. The normalized spacial score (nSPS) is 23.1. The lowest BCUT2D eigenvalue weighted by atomic mass is 9.97. The predicted molar refractivity (Wildman–Crippen MR) is 78.2 cm³/mol. The van der Waals surface area contributed by atoms with Crippen molar-refractivity contribution in [3.8, 4) is 0 Å². The topological polar surface area (TPSA) is 58.6 Å². The third-order valence-electron chi connectivity index (χ3n) is 3.52. The van der Waals surface area contributed by atoms with Gasteiger partial charge in [-0.1, -0.05) is 26.8 Å². The third kappa shape index (κ3) is 4.07. The van der Waals surface area contributed by atoms with Crippen LogP contribution >= 0.6 is 0 Å². The molecule has 20 heavy (non-hydrogen) atoms. The van der Waals surface area contributed by atoms with Gasteiger partial charge in [-0.25, -0.2) is 0 Å². The summed E-state index contributed by atoms with van der Waals surface area (Å²) in [5.41, 5.74) is 0. The van der Waals surface area contributed by atoms with Crippen molar-refractivity contribution in [2.24, 2.45) is 5.92 Å². The number of carbonyl (C=O) groups excluding carboxylic acids is 2. The van der Waals surface area contributed by atoms with Crippen LogP contribution in [-0.2, 0) is 14.3 Å². The molecule has 2 atom stereocenters. The molecule has 1 N–H and O–H groups in total. The van der Waals surface area contributed by atoms with E-state index in [9.17, 15) is 9.59 Å². The minimum Gasteiger partial charge on any atom is -0.379 e. The van der Waals surface area contributed by atoms with E-state index in [0.717, 1.165) is 6.42 Å². The molecule has 114 valence electrons. The molecule has 0 radical (unpaired) electrons. The first-order valence-corrected chi connectivity index (χ1v) is 7.32. The smallest absolute Gasteiger partial charge is 0.246 e. The first kappa shape index (κ1) is 16.7. The molecule has 0 aromatic heterocycles. The lowest BCUT2D eigenvalue weighted by Gasteiger charge is -2.40. The van der Waals surface area contributed by atoms with Gasteiger partial charge in [0, 0.05) is 6.54 Å². The molecule has 2 unspecified atom stereocenters. The molecule has 1 aliphatic heterocycles. The zero-order valence-corrected chi connectivity index (χ0v) is 12.7. The second-order valence-electron chi connectivity index (χ2n) is 5.38. The van der Waals surface area contributed by atoms with Crippen LogP contribution in [0.15, 0.2) is 12.7 Å². The van der Waals surface area contributed by atoms with E-state index in [4.69, 9.17) is 4.74 Å². The number of nitrogens with zero attached hydrogens (tertiary/aromatic N) is 1. The van der Waals surface area contributed by atoms with Crippen LogP contribution in [-0.4, -0.2) is 48.6 Å². The molecule has 0 spiro atoms. The Kier molecular flexibility index (Phi) is 6.71. The van der Waals surface area contributed by atoms with E-state index in [-0.39, 0.29) is 23.8 Å². The Morgan fingerprint density at radius 2 is 2.10 bits per heavy atom. The first-order chi connectivity index (χ1) is 9.52. The lowest BCUT2D eigenvalue weighted by Crippen LogP contribution is -2.65. The largest absolute Gasteiger partial charge is 0.379 e. The van der Waals surface area contributed by atoms with Gasteiger partial charge in [0.05, 0.1) is 13.2 Å². The van der Waals surface area contributed by atoms with Gasteiger partial charge in [-0.3, -0.25) is 9.59 Å². The van der Waals surface area contributed by atoms with Crippen molar-refractivity contribution in [2.75, 3.05) is 19.8 Å². The van der Waals surface area contributed by atoms with Crippen LogP contribution in [0.2, 0.25) is 0 Å². The van der Waals surface area contributed by atoms with Crippen molar-refractivity contribution in [3.05, 3.63) is 12.7 Å². The highest BCUT2D eigenvalue weighted by molar-refractivity contribution is 5.97. The number of rotatable bonds is 8. The fraction of sp³-hybridized carbons (Fsp3) is 0.733. The Labute approximate surface area is 121 Å². The highest BCUT2D eigenvalue weighted by atomic mass is 16.5. The maximum atomic E-state index is 12.4. The number of amides is 2. The maximum absolute atomic E-state index is 12.4. The van der Waals surface area contributed by atoms with Crippen molar-refractivity contribution in [2.45, 2.75) is 45.7 Å². The van der Waals surface area contributed by atoms with E-state index in [1.54, 1.807) is 11.0 Å². The van der Waals surface area contributed by atoms with E-state index in [0.29, 0.717) is 26.2 Å². The summed E-state index contributed by atoms with van der Waals surface area (Å²) in [4.78, 5) is 26.2. The quantitative estimate of drug-likeness (QED) is 0.540. The Balaban J connectivity index is 2.63. The number of hydrogen-bond acceptors (Lipinski definition) is 3. The Morgan fingerprint density at radius 1 is 1.40 bits per heavy atom. The molecule has 0 saturated carbocycles. The molecule has 1 aliphatic rings. The summed E-state index contributed by atoms with van der Waals surface area (Å²) in [7, 11) is 0. The van der Waals surface area contributed by atoms with Gasteiger partial charge in [0.1, 0.15) is 12.1 Å². The number of ether oxygens (including phenoxy) is 1. The summed E-state index contributed by atoms with van der Waals surface area (Å²) in [6.45, 7) is 10.9. The summed E-state index contributed by atoms with van der Waals surface area (Å²) in [5.74, 6) is 0.0316. The van der Waals surface area contributed by atoms with Gasteiger partial charge < -0.3 is 15.0 Å². The van der Waals surface area contributed by atoms with Crippen LogP contribution in [0.4, 0.5) is 0 Å². The fourth-order valence-electron chi connectivity index (χ4n) is 2.34. The molecule has 0 aromatic rings. The maximum Gasteiger partial charge on any atom is 0.246 e. The second kappa shape index (κ2) is 8.04. The Morgan fingerprint density at radius 3 is 2.65 bits per heavy atom. The number of carbonyl (C=O) groups is 2. The summed E-state index contributed by atoms with van der Waals surface area (Å²) >= 11 is 0. The van der Waals surface area contributed by atoms with Crippen molar-refractivity contribution >= 4 is 11.8 Å². The highest BCUT2D eigenvalue weighted by Crippen LogP contribution is 2.17. The molecular weight excluding hydrogens is 256 g/mol. The van der Waals surface area contributed by atoms with Gasteiger partial charge in [-0.15, -0.1) is 6.58 Å². The van der Waals surface area contributed by atoms with Crippen LogP contribution < -0.4 is 5.32 Å². The number of hydrogen-bond donors (Lipinski definition) is 1. The van der Waals surface area contributed by atoms with Gasteiger partial charge in [-0.05, 0) is 18.8 Å². The van der Waals surface area contributed by atoms with Crippen molar-refractivity contribution < 1.29 is 14.3 Å². The first-order valence-electron chi connectivity index (χ1n) is 7.32.